The Morgan fingerprint density at radius 1 is 0.957 bits per heavy atom. The highest BCUT2D eigenvalue weighted by atomic mass is 32.2. The highest BCUT2D eigenvalue weighted by molar-refractivity contribution is 7.90. The fourth-order valence-corrected chi connectivity index (χ4v) is 5.02. The van der Waals surface area contributed by atoms with E-state index < -0.39 is 20.0 Å². The highest BCUT2D eigenvalue weighted by Crippen LogP contribution is 2.23. The van der Waals surface area contributed by atoms with Crippen LogP contribution in [0.25, 0.3) is 0 Å². The van der Waals surface area contributed by atoms with Crippen LogP contribution in [0.4, 0.5) is 0 Å². The zero-order valence-corrected chi connectivity index (χ0v) is 15.2. The maximum Gasteiger partial charge on any atom is 0.243 e. The fraction of sp³-hybridized carbons (Fsp3) is 0.571. The summed E-state index contributed by atoms with van der Waals surface area (Å²) in [6.45, 7) is 1.55. The molecule has 23 heavy (non-hydrogen) atoms. The second kappa shape index (κ2) is 6.86. The second-order valence-electron chi connectivity index (χ2n) is 5.76. The normalized spacial score (nSPS) is 17.8. The van der Waals surface area contributed by atoms with Gasteiger partial charge in [0.15, 0.2) is 0 Å². The fourth-order valence-electron chi connectivity index (χ4n) is 2.54. The Kier molecular flexibility index (Phi) is 5.47. The van der Waals surface area contributed by atoms with Gasteiger partial charge in [-0.3, -0.25) is 0 Å². The number of rotatable bonds is 5. The lowest BCUT2D eigenvalue weighted by Gasteiger charge is -2.30. The maximum absolute atomic E-state index is 12.8. The Balaban J connectivity index is 2.37. The van der Waals surface area contributed by atoms with E-state index >= 15 is 0 Å². The van der Waals surface area contributed by atoms with Gasteiger partial charge in [-0.25, -0.2) is 21.1 Å². The first-order valence-electron chi connectivity index (χ1n) is 7.38. The summed E-state index contributed by atoms with van der Waals surface area (Å²) in [6.07, 6.45) is 1.48. The average molecular weight is 361 g/mol. The maximum atomic E-state index is 12.8. The number of nitrogens with one attached hydrogen (secondary N) is 1. The van der Waals surface area contributed by atoms with E-state index in [1.54, 1.807) is 7.05 Å². The van der Waals surface area contributed by atoms with Crippen LogP contribution in [0.15, 0.2) is 34.1 Å². The van der Waals surface area contributed by atoms with E-state index in [1.165, 1.54) is 42.7 Å². The minimum Gasteiger partial charge on any atom is -0.317 e. The number of benzene rings is 1. The molecule has 0 spiro atoms. The van der Waals surface area contributed by atoms with Gasteiger partial charge in [0.05, 0.1) is 9.79 Å². The van der Waals surface area contributed by atoms with Gasteiger partial charge in [0, 0.05) is 27.2 Å². The molecule has 1 heterocycles. The van der Waals surface area contributed by atoms with Crippen molar-refractivity contribution in [1.29, 1.82) is 0 Å². The largest absolute Gasteiger partial charge is 0.317 e. The SMILES string of the molecule is CN(C)S(=O)(=O)c1cccc(S(=O)(=O)N(C)C2CCNCC2)c1. The predicted octanol–water partition coefficient (Wildman–Crippen LogP) is 0.309. The van der Waals surface area contributed by atoms with Gasteiger partial charge in [0.2, 0.25) is 20.0 Å². The standard InChI is InChI=1S/C14H23N3O4S2/c1-16(2)22(18,19)13-5-4-6-14(11-13)23(20,21)17(3)12-7-9-15-10-8-12/h4-6,11-12,15H,7-10H2,1-3H3. The lowest BCUT2D eigenvalue weighted by atomic mass is 10.1. The van der Waals surface area contributed by atoms with Crippen LogP contribution in [0.2, 0.25) is 0 Å². The van der Waals surface area contributed by atoms with Crippen LogP contribution in [0.1, 0.15) is 12.8 Å². The molecule has 130 valence electrons. The van der Waals surface area contributed by atoms with Crippen LogP contribution in [-0.4, -0.2) is 65.7 Å². The van der Waals surface area contributed by atoms with E-state index in [4.69, 9.17) is 0 Å². The molecule has 0 atom stereocenters. The number of hydrogen-bond acceptors (Lipinski definition) is 5. The summed E-state index contributed by atoms with van der Waals surface area (Å²) in [5.74, 6) is 0. The van der Waals surface area contributed by atoms with Crippen LogP contribution < -0.4 is 5.32 Å². The number of piperidine rings is 1. The van der Waals surface area contributed by atoms with Gasteiger partial charge in [-0.1, -0.05) is 6.07 Å². The van der Waals surface area contributed by atoms with E-state index in [2.05, 4.69) is 5.32 Å². The molecule has 1 aromatic carbocycles. The molecule has 7 nitrogen and oxygen atoms in total. The summed E-state index contributed by atoms with van der Waals surface area (Å²) in [4.78, 5) is -0.0243. The summed E-state index contributed by atoms with van der Waals surface area (Å²) in [5.41, 5.74) is 0. The molecule has 0 unspecified atom stereocenters. The van der Waals surface area contributed by atoms with Crippen LogP contribution in [0.5, 0.6) is 0 Å². The minimum absolute atomic E-state index is 0.00135. The smallest absolute Gasteiger partial charge is 0.243 e. The molecule has 9 heteroatoms. The Bertz CT molecular complexity index is 754. The van der Waals surface area contributed by atoms with Crippen molar-refractivity contribution < 1.29 is 16.8 Å². The first-order valence-corrected chi connectivity index (χ1v) is 10.3. The van der Waals surface area contributed by atoms with E-state index in [9.17, 15) is 16.8 Å². The van der Waals surface area contributed by atoms with Gasteiger partial charge in [0.1, 0.15) is 0 Å². The number of hydrogen-bond donors (Lipinski definition) is 1. The van der Waals surface area contributed by atoms with Gasteiger partial charge in [-0.05, 0) is 44.1 Å². The quantitative estimate of drug-likeness (QED) is 0.816. The van der Waals surface area contributed by atoms with Crippen molar-refractivity contribution in [3.63, 3.8) is 0 Å². The molecule has 2 rings (SSSR count). The summed E-state index contributed by atoms with van der Waals surface area (Å²) in [5, 5.41) is 3.20. The van der Waals surface area contributed by atoms with Crippen molar-refractivity contribution in [2.75, 3.05) is 34.2 Å². The summed E-state index contributed by atoms with van der Waals surface area (Å²) < 4.78 is 52.4. The molecular formula is C14H23N3O4S2. The molecule has 1 saturated heterocycles. The first-order chi connectivity index (χ1) is 10.7. The summed E-state index contributed by atoms with van der Waals surface area (Å²) >= 11 is 0. The van der Waals surface area contributed by atoms with Crippen LogP contribution >= 0.6 is 0 Å². The Hall–Kier alpha value is -1.00. The molecule has 1 N–H and O–H groups in total. The predicted molar refractivity (Wildman–Crippen MR) is 88.2 cm³/mol. The van der Waals surface area contributed by atoms with Crippen molar-refractivity contribution in [2.45, 2.75) is 28.7 Å². The zero-order valence-electron chi connectivity index (χ0n) is 13.6. The molecule has 0 bridgehead atoms. The zero-order chi connectivity index (χ0) is 17.3. The third-order valence-electron chi connectivity index (χ3n) is 4.08. The highest BCUT2D eigenvalue weighted by Gasteiger charge is 2.30. The second-order valence-corrected chi connectivity index (χ2v) is 9.91. The molecule has 0 aromatic heterocycles. The molecule has 1 aliphatic rings. The van der Waals surface area contributed by atoms with Crippen molar-refractivity contribution in [1.82, 2.24) is 13.9 Å². The van der Waals surface area contributed by atoms with E-state index in [1.807, 2.05) is 0 Å². The first kappa shape index (κ1) is 18.3. The molecule has 0 saturated carbocycles. The average Bonchev–Trinajstić information content (AvgIpc) is 2.54. The van der Waals surface area contributed by atoms with Crippen molar-refractivity contribution in [3.8, 4) is 0 Å². The van der Waals surface area contributed by atoms with E-state index in [-0.39, 0.29) is 15.8 Å². The summed E-state index contributed by atoms with van der Waals surface area (Å²) in [6, 6.07) is 5.44. The molecule has 1 fully saturated rings. The van der Waals surface area contributed by atoms with Gasteiger partial charge in [0.25, 0.3) is 0 Å². The van der Waals surface area contributed by atoms with Crippen molar-refractivity contribution >= 4 is 20.0 Å². The Morgan fingerprint density at radius 2 is 1.48 bits per heavy atom. The minimum atomic E-state index is -3.72. The van der Waals surface area contributed by atoms with E-state index in [0.29, 0.717) is 0 Å². The Labute approximate surface area is 138 Å². The molecule has 0 radical (unpaired) electrons. The van der Waals surface area contributed by atoms with Gasteiger partial charge >= 0.3 is 0 Å². The van der Waals surface area contributed by atoms with Crippen LogP contribution in [0.3, 0.4) is 0 Å². The van der Waals surface area contributed by atoms with Crippen molar-refractivity contribution in [2.24, 2.45) is 0 Å². The number of sulfonamides is 2. The molecule has 1 aliphatic heterocycles. The summed E-state index contributed by atoms with van der Waals surface area (Å²) in [7, 11) is -3.01. The van der Waals surface area contributed by atoms with Crippen LogP contribution in [-0.2, 0) is 20.0 Å². The molecule has 1 aromatic rings. The van der Waals surface area contributed by atoms with Gasteiger partial charge in [-0.15, -0.1) is 0 Å². The van der Waals surface area contributed by atoms with E-state index in [0.717, 1.165) is 30.2 Å². The third-order valence-corrected chi connectivity index (χ3v) is 7.80. The topological polar surface area (TPSA) is 86.8 Å². The Morgan fingerprint density at radius 3 is 2.00 bits per heavy atom. The van der Waals surface area contributed by atoms with Crippen molar-refractivity contribution in [3.05, 3.63) is 24.3 Å². The third kappa shape index (κ3) is 3.74. The lowest BCUT2D eigenvalue weighted by Crippen LogP contribution is -2.43. The molecular weight excluding hydrogens is 338 g/mol. The molecule has 0 aliphatic carbocycles. The van der Waals surface area contributed by atoms with Gasteiger partial charge in [-0.2, -0.15) is 4.31 Å². The van der Waals surface area contributed by atoms with Gasteiger partial charge < -0.3 is 5.32 Å². The lowest BCUT2D eigenvalue weighted by molar-refractivity contribution is 0.296. The molecule has 0 amide bonds. The van der Waals surface area contributed by atoms with Crippen LogP contribution in [0, 0.1) is 0 Å². The number of nitrogens with zero attached hydrogens (tertiary/aromatic N) is 2. The monoisotopic (exact) mass is 361 g/mol.